The highest BCUT2D eigenvalue weighted by Gasteiger charge is 2.49. The Morgan fingerprint density at radius 3 is 2.53 bits per heavy atom. The molecule has 1 aliphatic carbocycles. The van der Waals surface area contributed by atoms with Crippen LogP contribution in [0.15, 0.2) is 71.7 Å². The molecule has 3 aliphatic rings. The number of fused-ring (bicyclic) bond motifs is 1. The van der Waals surface area contributed by atoms with Crippen molar-refractivity contribution >= 4 is 45.4 Å². The molecule has 2 heterocycles. The van der Waals surface area contributed by atoms with Crippen LogP contribution in [0.4, 0.5) is 0 Å². The molecular weight excluding hydrogens is 424 g/mol. The van der Waals surface area contributed by atoms with Crippen molar-refractivity contribution in [1.82, 2.24) is 0 Å². The molecule has 5 rings (SSSR count). The Hall–Kier alpha value is -1.30. The van der Waals surface area contributed by atoms with E-state index in [0.717, 1.165) is 17.5 Å². The van der Waals surface area contributed by atoms with Crippen molar-refractivity contribution in [1.29, 1.82) is 0 Å². The van der Waals surface area contributed by atoms with Crippen LogP contribution >= 0.6 is 35.3 Å². The van der Waals surface area contributed by atoms with Crippen LogP contribution in [0.2, 0.25) is 0 Å². The maximum absolute atomic E-state index is 5.95. The van der Waals surface area contributed by atoms with Gasteiger partial charge < -0.3 is 5.73 Å². The Bertz CT molecular complexity index is 928. The fourth-order valence-corrected chi connectivity index (χ4v) is 9.62. The van der Waals surface area contributed by atoms with Crippen LogP contribution < -0.4 is 5.73 Å². The quantitative estimate of drug-likeness (QED) is 0.554. The van der Waals surface area contributed by atoms with Gasteiger partial charge in [-0.1, -0.05) is 91.3 Å². The van der Waals surface area contributed by atoms with E-state index in [4.69, 9.17) is 5.73 Å². The summed E-state index contributed by atoms with van der Waals surface area (Å²) in [6, 6.07) is 22.1. The molecule has 4 atom stereocenters. The van der Waals surface area contributed by atoms with Gasteiger partial charge in [0.2, 0.25) is 0 Å². The summed E-state index contributed by atoms with van der Waals surface area (Å²) < 4.78 is 0.233. The third kappa shape index (κ3) is 4.21. The van der Waals surface area contributed by atoms with E-state index in [0.29, 0.717) is 17.1 Å². The minimum absolute atomic E-state index is 0.233. The molecule has 0 aromatic heterocycles. The van der Waals surface area contributed by atoms with Crippen molar-refractivity contribution in [3.05, 3.63) is 77.9 Å². The lowest BCUT2D eigenvalue weighted by molar-refractivity contribution is 0.320. The van der Waals surface area contributed by atoms with Gasteiger partial charge in [-0.05, 0) is 29.9 Å². The van der Waals surface area contributed by atoms with Crippen molar-refractivity contribution < 1.29 is 0 Å². The average molecular weight is 453 g/mol. The lowest BCUT2D eigenvalue weighted by atomic mass is 9.75. The van der Waals surface area contributed by atoms with Crippen LogP contribution in [-0.2, 0) is 0 Å². The smallest absolute Gasteiger partial charge is 0.154 e. The molecule has 1 saturated carbocycles. The maximum Gasteiger partial charge on any atom is 0.154 e. The molecule has 0 saturated heterocycles. The minimum Gasteiger partial charge on any atom is -0.379 e. The van der Waals surface area contributed by atoms with Gasteiger partial charge in [0.1, 0.15) is 0 Å². The van der Waals surface area contributed by atoms with E-state index in [1.807, 2.05) is 0 Å². The van der Waals surface area contributed by atoms with Gasteiger partial charge in [-0.3, -0.25) is 4.99 Å². The summed E-state index contributed by atoms with van der Waals surface area (Å²) in [5.74, 6) is 2.27. The number of rotatable bonds is 5. The molecule has 0 spiro atoms. The Morgan fingerprint density at radius 2 is 1.80 bits per heavy atom. The van der Waals surface area contributed by atoms with Gasteiger partial charge in [0.05, 0.1) is 10.6 Å². The number of hydrogen-bond acceptors (Lipinski definition) is 5. The SMILES string of the molecule is NC1=NC[C@@H](CS[C@]23CCCC[C@@H]2[C@H](c2ccccc2)C=C(c2ccccc2)S3)S1. The molecule has 30 heavy (non-hydrogen) atoms. The molecule has 2 aromatic rings. The normalized spacial score (nSPS) is 31.0. The van der Waals surface area contributed by atoms with Gasteiger partial charge >= 0.3 is 0 Å². The first-order valence-electron chi connectivity index (χ1n) is 10.9. The summed E-state index contributed by atoms with van der Waals surface area (Å²) >= 11 is 6.11. The topological polar surface area (TPSA) is 38.4 Å². The van der Waals surface area contributed by atoms with Gasteiger partial charge in [0, 0.05) is 21.8 Å². The molecule has 2 nitrogen and oxygen atoms in total. The number of allylic oxidation sites excluding steroid dienone is 1. The molecule has 0 bridgehead atoms. The summed E-state index contributed by atoms with van der Waals surface area (Å²) in [5, 5.41) is 1.29. The molecule has 0 radical (unpaired) electrons. The first kappa shape index (κ1) is 20.6. The number of hydrogen-bond donors (Lipinski definition) is 1. The maximum atomic E-state index is 5.95. The minimum atomic E-state index is 0.233. The number of nitrogens with two attached hydrogens (primary N) is 1. The van der Waals surface area contributed by atoms with Crippen LogP contribution in [0.3, 0.4) is 0 Å². The standard InChI is InChI=1S/C25H28N2S3/c26-24-27-16-20(29-24)17-28-25-14-8-7-13-22(25)21(18-9-3-1-4-10-18)15-23(30-25)19-11-5-2-6-12-19/h1-6,9-12,15,20-22H,7-8,13-14,16-17H2,(H2,26,27)/t20-,21-,22+,25-/m0/s1. The van der Waals surface area contributed by atoms with Crippen molar-refractivity contribution in [2.45, 2.75) is 40.9 Å². The summed E-state index contributed by atoms with van der Waals surface area (Å²) in [6.45, 7) is 0.873. The fourth-order valence-electron chi connectivity index (χ4n) is 4.95. The second-order valence-electron chi connectivity index (χ2n) is 8.33. The number of thioether (sulfide) groups is 3. The zero-order chi connectivity index (χ0) is 20.4. The zero-order valence-electron chi connectivity index (χ0n) is 17.1. The van der Waals surface area contributed by atoms with E-state index in [-0.39, 0.29) is 4.08 Å². The lowest BCUT2D eigenvalue weighted by Gasteiger charge is -2.50. The Morgan fingerprint density at radius 1 is 1.03 bits per heavy atom. The van der Waals surface area contributed by atoms with Crippen LogP contribution in [-0.4, -0.2) is 26.8 Å². The largest absolute Gasteiger partial charge is 0.379 e. The zero-order valence-corrected chi connectivity index (χ0v) is 19.5. The van der Waals surface area contributed by atoms with E-state index in [2.05, 4.69) is 95.3 Å². The van der Waals surface area contributed by atoms with Gasteiger partial charge in [0.25, 0.3) is 0 Å². The summed E-state index contributed by atoms with van der Waals surface area (Å²) in [7, 11) is 0. The predicted octanol–water partition coefficient (Wildman–Crippen LogP) is 6.61. The molecule has 2 aromatic carbocycles. The molecule has 2 aliphatic heterocycles. The Balaban J connectivity index is 1.50. The third-order valence-electron chi connectivity index (χ3n) is 6.40. The van der Waals surface area contributed by atoms with E-state index < -0.39 is 0 Å². The van der Waals surface area contributed by atoms with E-state index in [9.17, 15) is 0 Å². The molecule has 1 fully saturated rings. The van der Waals surface area contributed by atoms with Crippen molar-refractivity contribution in [3.63, 3.8) is 0 Å². The number of benzene rings is 2. The second kappa shape index (κ2) is 9.05. The number of amidine groups is 1. The Labute approximate surface area is 192 Å². The Kier molecular flexibility index (Phi) is 6.22. The predicted molar refractivity (Wildman–Crippen MR) is 136 cm³/mol. The highest BCUT2D eigenvalue weighted by atomic mass is 32.2. The van der Waals surface area contributed by atoms with Crippen LogP contribution in [0, 0.1) is 5.92 Å². The lowest BCUT2D eigenvalue weighted by Crippen LogP contribution is -2.41. The summed E-state index contributed by atoms with van der Waals surface area (Å²) in [4.78, 5) is 5.88. The van der Waals surface area contributed by atoms with Crippen molar-refractivity contribution in [2.24, 2.45) is 16.6 Å². The fraction of sp³-hybridized carbons (Fsp3) is 0.400. The van der Waals surface area contributed by atoms with Crippen LogP contribution in [0.5, 0.6) is 0 Å². The first-order valence-corrected chi connectivity index (χ1v) is 13.5. The highest BCUT2D eigenvalue weighted by Crippen LogP contribution is 2.63. The van der Waals surface area contributed by atoms with Crippen LogP contribution in [0.25, 0.3) is 4.91 Å². The monoisotopic (exact) mass is 452 g/mol. The molecule has 2 N–H and O–H groups in total. The number of nitrogens with zero attached hydrogens (tertiary/aromatic N) is 1. The summed E-state index contributed by atoms with van der Waals surface area (Å²) in [5.41, 5.74) is 8.77. The third-order valence-corrected chi connectivity index (χ3v) is 11.2. The number of aliphatic imine (C=N–C) groups is 1. The van der Waals surface area contributed by atoms with E-state index >= 15 is 0 Å². The van der Waals surface area contributed by atoms with Crippen molar-refractivity contribution in [3.8, 4) is 0 Å². The first-order chi connectivity index (χ1) is 14.7. The second-order valence-corrected chi connectivity index (χ2v) is 12.6. The highest BCUT2D eigenvalue weighted by molar-refractivity contribution is 8.23. The van der Waals surface area contributed by atoms with E-state index in [1.165, 1.54) is 41.7 Å². The molecule has 0 unspecified atom stereocenters. The molecule has 0 amide bonds. The molecule has 156 valence electrons. The van der Waals surface area contributed by atoms with Gasteiger partial charge in [-0.15, -0.1) is 23.5 Å². The average Bonchev–Trinajstić information content (AvgIpc) is 3.23. The van der Waals surface area contributed by atoms with Crippen LogP contribution in [0.1, 0.15) is 42.7 Å². The van der Waals surface area contributed by atoms with E-state index in [1.54, 1.807) is 11.8 Å². The van der Waals surface area contributed by atoms with Crippen molar-refractivity contribution in [2.75, 3.05) is 12.3 Å². The summed E-state index contributed by atoms with van der Waals surface area (Å²) in [6.07, 6.45) is 7.84. The van der Waals surface area contributed by atoms with Gasteiger partial charge in [0.15, 0.2) is 5.17 Å². The van der Waals surface area contributed by atoms with Gasteiger partial charge in [-0.25, -0.2) is 0 Å². The molecular formula is C25H28N2S3. The van der Waals surface area contributed by atoms with Gasteiger partial charge in [-0.2, -0.15) is 0 Å². The molecule has 5 heteroatoms.